The molecule has 1 amide bonds. The molecule has 5 heteroatoms. The molecule has 0 atom stereocenters. The summed E-state index contributed by atoms with van der Waals surface area (Å²) in [5, 5.41) is 6.16. The first-order chi connectivity index (χ1) is 9.77. The first-order valence-electron chi connectivity index (χ1n) is 7.18. The van der Waals surface area contributed by atoms with Gasteiger partial charge in [0.05, 0.1) is 24.6 Å². The summed E-state index contributed by atoms with van der Waals surface area (Å²) < 4.78 is 10.5. The number of ether oxygens (including phenoxy) is 2. The average Bonchev–Trinajstić information content (AvgIpc) is 2.33. The molecule has 1 aliphatic heterocycles. The van der Waals surface area contributed by atoms with Gasteiger partial charge in [-0.3, -0.25) is 5.32 Å². The zero-order chi connectivity index (χ0) is 15.5. The predicted octanol–water partition coefficient (Wildman–Crippen LogP) is 3.48. The summed E-state index contributed by atoms with van der Waals surface area (Å²) in [5.41, 5.74) is 1.26. The van der Waals surface area contributed by atoms with Crippen molar-refractivity contribution in [3.05, 3.63) is 24.3 Å². The van der Waals surface area contributed by atoms with Gasteiger partial charge in [0.1, 0.15) is 5.60 Å². The molecule has 1 saturated heterocycles. The molecule has 1 aromatic carbocycles. The largest absolute Gasteiger partial charge is 0.444 e. The fourth-order valence-corrected chi connectivity index (χ4v) is 2.02. The molecule has 2 N–H and O–H groups in total. The van der Waals surface area contributed by atoms with E-state index in [0.29, 0.717) is 0 Å². The van der Waals surface area contributed by atoms with Crippen LogP contribution in [0.3, 0.4) is 0 Å². The fraction of sp³-hybridized carbons (Fsp3) is 0.562. The second-order valence-corrected chi connectivity index (χ2v) is 6.83. The molecule has 2 rings (SSSR count). The van der Waals surface area contributed by atoms with Crippen LogP contribution in [0.5, 0.6) is 0 Å². The van der Waals surface area contributed by atoms with Gasteiger partial charge in [-0.15, -0.1) is 0 Å². The van der Waals surface area contributed by atoms with Crippen LogP contribution in [0.2, 0.25) is 0 Å². The number of para-hydroxylation sites is 2. The highest BCUT2D eigenvalue weighted by molar-refractivity contribution is 5.89. The van der Waals surface area contributed by atoms with E-state index in [4.69, 9.17) is 9.47 Å². The van der Waals surface area contributed by atoms with Gasteiger partial charge in [0.15, 0.2) is 0 Å². The Hall–Kier alpha value is -1.75. The van der Waals surface area contributed by atoms with Gasteiger partial charge in [0.25, 0.3) is 0 Å². The van der Waals surface area contributed by atoms with E-state index in [0.717, 1.165) is 31.1 Å². The highest BCUT2D eigenvalue weighted by Gasteiger charge is 2.33. The standard InChI is InChI=1S/C16H24N2O3/c1-15(2,3)21-14(19)18-13-8-6-5-7-12(13)17-9-16(4)10-20-11-16/h5-8,17H,9-11H2,1-4H3,(H,18,19). The van der Waals surface area contributed by atoms with Crippen LogP contribution in [0.15, 0.2) is 24.3 Å². The minimum absolute atomic E-state index is 0.166. The molecule has 0 bridgehead atoms. The molecule has 21 heavy (non-hydrogen) atoms. The fourth-order valence-electron chi connectivity index (χ4n) is 2.02. The molecule has 1 heterocycles. The molecule has 0 unspecified atom stereocenters. The number of carbonyl (C=O) groups is 1. The Morgan fingerprint density at radius 2 is 1.90 bits per heavy atom. The van der Waals surface area contributed by atoms with Crippen LogP contribution in [0.1, 0.15) is 27.7 Å². The van der Waals surface area contributed by atoms with E-state index in [-0.39, 0.29) is 5.41 Å². The topological polar surface area (TPSA) is 59.6 Å². The third kappa shape index (κ3) is 4.63. The monoisotopic (exact) mass is 292 g/mol. The molecule has 116 valence electrons. The Labute approximate surface area is 126 Å². The van der Waals surface area contributed by atoms with Crippen LogP contribution < -0.4 is 10.6 Å². The van der Waals surface area contributed by atoms with E-state index < -0.39 is 11.7 Å². The Balaban J connectivity index is 1.97. The number of rotatable bonds is 4. The van der Waals surface area contributed by atoms with E-state index >= 15 is 0 Å². The second-order valence-electron chi connectivity index (χ2n) is 6.83. The molecule has 5 nitrogen and oxygen atoms in total. The number of hydrogen-bond acceptors (Lipinski definition) is 4. The Morgan fingerprint density at radius 1 is 1.29 bits per heavy atom. The summed E-state index contributed by atoms with van der Waals surface area (Å²) in [4.78, 5) is 11.9. The van der Waals surface area contributed by atoms with Gasteiger partial charge in [-0.25, -0.2) is 4.79 Å². The third-order valence-electron chi connectivity index (χ3n) is 3.17. The summed E-state index contributed by atoms with van der Waals surface area (Å²) in [6.45, 7) is 10.0. The Morgan fingerprint density at radius 3 is 2.43 bits per heavy atom. The van der Waals surface area contributed by atoms with Crippen molar-refractivity contribution in [1.29, 1.82) is 0 Å². The molecule has 0 aliphatic carbocycles. The van der Waals surface area contributed by atoms with Crippen LogP contribution in [0, 0.1) is 5.41 Å². The summed E-state index contributed by atoms with van der Waals surface area (Å²) in [5.74, 6) is 0. The number of benzene rings is 1. The van der Waals surface area contributed by atoms with Crippen LogP contribution in [0.25, 0.3) is 0 Å². The van der Waals surface area contributed by atoms with Crippen molar-refractivity contribution < 1.29 is 14.3 Å². The minimum Gasteiger partial charge on any atom is -0.444 e. The van der Waals surface area contributed by atoms with Gasteiger partial charge in [-0.2, -0.15) is 0 Å². The van der Waals surface area contributed by atoms with E-state index in [1.807, 2.05) is 45.0 Å². The van der Waals surface area contributed by atoms with Crippen molar-refractivity contribution in [2.75, 3.05) is 30.4 Å². The van der Waals surface area contributed by atoms with Gasteiger partial charge in [0.2, 0.25) is 0 Å². The minimum atomic E-state index is -0.511. The highest BCUT2D eigenvalue weighted by atomic mass is 16.6. The first-order valence-corrected chi connectivity index (χ1v) is 7.18. The molecular weight excluding hydrogens is 268 g/mol. The van der Waals surface area contributed by atoms with Crippen LogP contribution in [-0.4, -0.2) is 31.5 Å². The Kier molecular flexibility index (Phi) is 4.42. The summed E-state index contributed by atoms with van der Waals surface area (Å²) in [6.07, 6.45) is -0.449. The van der Waals surface area contributed by atoms with E-state index in [1.54, 1.807) is 0 Å². The lowest BCUT2D eigenvalue weighted by atomic mass is 9.88. The lowest BCUT2D eigenvalue weighted by Gasteiger charge is -2.38. The van der Waals surface area contributed by atoms with Crippen molar-refractivity contribution in [1.82, 2.24) is 0 Å². The van der Waals surface area contributed by atoms with Crippen LogP contribution in [-0.2, 0) is 9.47 Å². The molecule has 1 aromatic rings. The highest BCUT2D eigenvalue weighted by Crippen LogP contribution is 2.29. The zero-order valence-corrected chi connectivity index (χ0v) is 13.2. The van der Waals surface area contributed by atoms with Gasteiger partial charge >= 0.3 is 6.09 Å². The second kappa shape index (κ2) is 5.93. The van der Waals surface area contributed by atoms with Gasteiger partial charge in [0, 0.05) is 12.0 Å². The van der Waals surface area contributed by atoms with Crippen molar-refractivity contribution in [2.45, 2.75) is 33.3 Å². The van der Waals surface area contributed by atoms with Crippen LogP contribution >= 0.6 is 0 Å². The molecule has 0 spiro atoms. The average molecular weight is 292 g/mol. The van der Waals surface area contributed by atoms with Gasteiger partial charge in [-0.05, 0) is 32.9 Å². The maximum Gasteiger partial charge on any atom is 0.412 e. The van der Waals surface area contributed by atoms with E-state index in [2.05, 4.69) is 17.6 Å². The summed E-state index contributed by atoms with van der Waals surface area (Å²) >= 11 is 0. The van der Waals surface area contributed by atoms with E-state index in [1.165, 1.54) is 0 Å². The molecule has 1 aliphatic rings. The lowest BCUT2D eigenvalue weighted by Crippen LogP contribution is -2.45. The molecular formula is C16H24N2O3. The molecule has 1 fully saturated rings. The van der Waals surface area contributed by atoms with Crippen LogP contribution in [0.4, 0.5) is 16.2 Å². The first kappa shape index (κ1) is 15.6. The Bertz CT molecular complexity index is 504. The smallest absolute Gasteiger partial charge is 0.412 e. The lowest BCUT2D eigenvalue weighted by molar-refractivity contribution is -0.0924. The third-order valence-corrected chi connectivity index (χ3v) is 3.17. The number of hydrogen-bond donors (Lipinski definition) is 2. The molecule has 0 aromatic heterocycles. The number of nitrogens with one attached hydrogen (secondary N) is 2. The quantitative estimate of drug-likeness (QED) is 0.892. The van der Waals surface area contributed by atoms with Gasteiger partial charge < -0.3 is 14.8 Å². The van der Waals surface area contributed by atoms with Crippen molar-refractivity contribution in [3.63, 3.8) is 0 Å². The zero-order valence-electron chi connectivity index (χ0n) is 13.2. The van der Waals surface area contributed by atoms with Crippen molar-refractivity contribution in [3.8, 4) is 0 Å². The molecule has 0 saturated carbocycles. The number of anilines is 2. The normalized spacial score (nSPS) is 16.8. The van der Waals surface area contributed by atoms with E-state index in [9.17, 15) is 4.79 Å². The SMILES string of the molecule is CC1(CNc2ccccc2NC(=O)OC(C)(C)C)COC1. The molecule has 0 radical (unpaired) electrons. The van der Waals surface area contributed by atoms with Crippen molar-refractivity contribution in [2.24, 2.45) is 5.41 Å². The predicted molar refractivity (Wildman–Crippen MR) is 83.7 cm³/mol. The number of carbonyl (C=O) groups excluding carboxylic acids is 1. The van der Waals surface area contributed by atoms with Crippen molar-refractivity contribution >= 4 is 17.5 Å². The maximum absolute atomic E-state index is 11.9. The summed E-state index contributed by atoms with van der Waals surface area (Å²) in [6, 6.07) is 7.61. The van der Waals surface area contributed by atoms with Gasteiger partial charge in [-0.1, -0.05) is 19.1 Å². The number of amides is 1. The maximum atomic E-state index is 11.9. The summed E-state index contributed by atoms with van der Waals surface area (Å²) in [7, 11) is 0.